The smallest absolute Gasteiger partial charge is 0.245 e. The molecule has 6 N–H and O–H groups in total. The second-order valence-electron chi connectivity index (χ2n) is 19.0. The van der Waals surface area contributed by atoms with Gasteiger partial charge in [-0.15, -0.1) is 0 Å². The molecule has 0 bridgehead atoms. The first-order valence-electron chi connectivity index (χ1n) is 24.3. The molecule has 13 nitrogen and oxygen atoms in total. The van der Waals surface area contributed by atoms with Gasteiger partial charge in [-0.05, 0) is 124 Å². The number of ether oxygens (including phenoxy) is 1. The van der Waals surface area contributed by atoms with Crippen LogP contribution >= 0.6 is 0 Å². The van der Waals surface area contributed by atoms with Gasteiger partial charge in [0.1, 0.15) is 23.7 Å². The minimum Gasteiger partial charge on any atom is -0.378 e. The lowest BCUT2D eigenvalue weighted by Crippen LogP contribution is -2.55. The average molecular weight is 899 g/mol. The van der Waals surface area contributed by atoms with Gasteiger partial charge in [0, 0.05) is 61.4 Å². The van der Waals surface area contributed by atoms with Crippen molar-refractivity contribution >= 4 is 45.4 Å². The third-order valence-corrected chi connectivity index (χ3v) is 14.8. The molecule has 2 saturated heterocycles. The van der Waals surface area contributed by atoms with Crippen molar-refractivity contribution in [2.45, 2.75) is 140 Å². The highest BCUT2D eigenvalue weighted by atomic mass is 19.1. The summed E-state index contributed by atoms with van der Waals surface area (Å²) in [7, 11) is 0. The maximum Gasteiger partial charge on any atom is 0.245 e. The number of nitrogens with two attached hydrogens (primary N) is 2. The van der Waals surface area contributed by atoms with Gasteiger partial charge in [0.05, 0.1) is 37.3 Å². The van der Waals surface area contributed by atoms with E-state index in [2.05, 4.69) is 23.0 Å². The fourth-order valence-corrected chi connectivity index (χ4v) is 11.5. The topological polar surface area (TPSA) is 170 Å². The van der Waals surface area contributed by atoms with E-state index in [1.54, 1.807) is 12.1 Å². The molecule has 2 aliphatic heterocycles. The predicted molar refractivity (Wildman–Crippen MR) is 247 cm³/mol. The van der Waals surface area contributed by atoms with E-state index in [9.17, 15) is 28.0 Å². The Morgan fingerprint density at radius 1 is 0.600 bits per heavy atom. The summed E-state index contributed by atoms with van der Waals surface area (Å²) in [6, 6.07) is 8.42. The summed E-state index contributed by atoms with van der Waals surface area (Å²) in [5, 5.41) is 7.82. The molecular formula is C50H68F2N8O5. The van der Waals surface area contributed by atoms with E-state index >= 15 is 0 Å². The Morgan fingerprint density at radius 2 is 1.02 bits per heavy atom. The number of aromatic nitrogens is 2. The van der Waals surface area contributed by atoms with Crippen LogP contribution in [0, 0.1) is 23.5 Å². The van der Waals surface area contributed by atoms with Gasteiger partial charge < -0.3 is 45.8 Å². The lowest BCUT2D eigenvalue weighted by atomic mass is 9.83. The van der Waals surface area contributed by atoms with Crippen molar-refractivity contribution in [1.82, 2.24) is 29.6 Å². The monoisotopic (exact) mass is 899 g/mol. The molecular weight excluding hydrogens is 831 g/mol. The van der Waals surface area contributed by atoms with Crippen molar-refractivity contribution in [3.63, 3.8) is 0 Å². The molecule has 15 heteroatoms. The highest BCUT2D eigenvalue weighted by Gasteiger charge is 2.40. The number of hydrogen-bond donors (Lipinski definition) is 4. The minimum atomic E-state index is -0.578. The molecule has 352 valence electrons. The van der Waals surface area contributed by atoms with E-state index in [1.165, 1.54) is 12.1 Å². The number of halogens is 2. The van der Waals surface area contributed by atoms with Crippen LogP contribution in [0.25, 0.3) is 21.8 Å². The highest BCUT2D eigenvalue weighted by molar-refractivity contribution is 5.90. The van der Waals surface area contributed by atoms with E-state index < -0.39 is 12.1 Å². The van der Waals surface area contributed by atoms with Gasteiger partial charge in [-0.1, -0.05) is 38.5 Å². The van der Waals surface area contributed by atoms with E-state index in [1.807, 2.05) is 31.1 Å². The zero-order valence-corrected chi connectivity index (χ0v) is 37.8. The van der Waals surface area contributed by atoms with Crippen molar-refractivity contribution in [1.29, 1.82) is 0 Å². The number of hydrogen-bond acceptors (Lipinski definition) is 7. The summed E-state index contributed by atoms with van der Waals surface area (Å²) in [6.45, 7) is 2.63. The molecule has 0 radical (unpaired) electrons. The Balaban J connectivity index is 0.912. The Morgan fingerprint density at radius 3 is 1.42 bits per heavy atom. The predicted octanol–water partition coefficient (Wildman–Crippen LogP) is 5.71. The van der Waals surface area contributed by atoms with E-state index in [0.717, 1.165) is 123 Å². The van der Waals surface area contributed by atoms with Crippen molar-refractivity contribution in [3.05, 3.63) is 71.6 Å². The summed E-state index contributed by atoms with van der Waals surface area (Å²) in [6.07, 6.45) is 18.9. The number of fused-ring (bicyclic) bond motifs is 2. The summed E-state index contributed by atoms with van der Waals surface area (Å²) in [5.41, 5.74) is 14.9. The molecule has 0 unspecified atom stereocenters. The Labute approximate surface area is 380 Å². The zero-order valence-electron chi connectivity index (χ0n) is 37.8. The summed E-state index contributed by atoms with van der Waals surface area (Å²) in [4.78, 5) is 57.2. The molecule has 4 aliphatic rings. The molecule has 65 heavy (non-hydrogen) atoms. The van der Waals surface area contributed by atoms with Gasteiger partial charge in [0.15, 0.2) is 0 Å². The molecule has 4 amide bonds. The number of nitrogens with one attached hydrogen (secondary N) is 2. The van der Waals surface area contributed by atoms with Gasteiger partial charge in [-0.2, -0.15) is 0 Å². The van der Waals surface area contributed by atoms with Crippen molar-refractivity contribution in [2.75, 3.05) is 39.4 Å². The first-order chi connectivity index (χ1) is 31.6. The Bertz CT molecular complexity index is 2140. The SMILES string of the molecule is NCC(=O)N[C@H](C(=O)N1CCC[C@H]1Cc1cn(CCOCCn2cc(C[C@@H]3CCCN3C(=O)[C@@H](NC(=O)CN)C3CCCCC3)c3ccc(F)cc32)c2cc(F)ccc12)C1CCCCC1. The van der Waals surface area contributed by atoms with Crippen LogP contribution in [0.3, 0.4) is 0 Å². The highest BCUT2D eigenvalue weighted by Crippen LogP contribution is 2.34. The van der Waals surface area contributed by atoms with E-state index in [4.69, 9.17) is 16.2 Å². The van der Waals surface area contributed by atoms with Crippen LogP contribution in [0.15, 0.2) is 48.8 Å². The van der Waals surface area contributed by atoms with Crippen molar-refractivity contribution < 1.29 is 32.7 Å². The van der Waals surface area contributed by atoms with Crippen LogP contribution in [0.1, 0.15) is 101 Å². The van der Waals surface area contributed by atoms with Gasteiger partial charge in [-0.25, -0.2) is 8.78 Å². The van der Waals surface area contributed by atoms with Crippen LogP contribution in [-0.2, 0) is 49.8 Å². The van der Waals surface area contributed by atoms with Crippen LogP contribution in [0.4, 0.5) is 8.78 Å². The summed E-state index contributed by atoms with van der Waals surface area (Å²) < 4.78 is 39.7. The second-order valence-corrected chi connectivity index (χ2v) is 19.0. The summed E-state index contributed by atoms with van der Waals surface area (Å²) in [5.74, 6) is -1.15. The Hall–Kier alpha value is -4.86. The molecule has 2 aliphatic carbocycles. The number of benzene rings is 2. The van der Waals surface area contributed by atoms with E-state index in [0.29, 0.717) is 52.2 Å². The van der Waals surface area contributed by atoms with Gasteiger partial charge in [-0.3, -0.25) is 19.2 Å². The first kappa shape index (κ1) is 46.7. The normalized spacial score (nSPS) is 20.7. The second kappa shape index (κ2) is 21.6. The summed E-state index contributed by atoms with van der Waals surface area (Å²) >= 11 is 0. The fraction of sp³-hybridized carbons (Fsp3) is 0.600. The maximum absolute atomic E-state index is 14.7. The zero-order chi connectivity index (χ0) is 45.5. The minimum absolute atomic E-state index is 0.0290. The van der Waals surface area contributed by atoms with E-state index in [-0.39, 0.29) is 72.3 Å². The number of carbonyl (C=O) groups excluding carboxylic acids is 4. The molecule has 0 spiro atoms. The molecule has 4 atom stereocenters. The standard InChI is InChI=1S/C50H68F2N8O5/c51-37-15-17-41-35(25-39-13-7-19-59(39)49(63)47(55-45(61)29-53)33-9-3-1-4-10-33)31-57(43(41)27-37)21-23-65-24-22-58-32-36(42-18-16-38(52)28-44(42)58)26-40-14-8-20-60(40)50(64)48(56-46(62)30-54)34-11-5-2-6-12-34/h15-18,27-28,31-34,39-40,47-48H,1-14,19-26,29-30,53-54H2,(H,55,61)(H,56,62)/t39-,40-,47-,48-/m0/s1. The van der Waals surface area contributed by atoms with Crippen LogP contribution in [0.5, 0.6) is 0 Å². The molecule has 4 heterocycles. The number of likely N-dealkylation sites (tertiary alicyclic amines) is 2. The molecule has 2 aromatic carbocycles. The molecule has 4 fully saturated rings. The number of rotatable bonds is 18. The van der Waals surface area contributed by atoms with Gasteiger partial charge in [0.2, 0.25) is 23.6 Å². The van der Waals surface area contributed by atoms with Crippen LogP contribution in [-0.4, -0.2) is 106 Å². The van der Waals surface area contributed by atoms with Crippen LogP contribution < -0.4 is 22.1 Å². The lowest BCUT2D eigenvalue weighted by Gasteiger charge is -2.35. The lowest BCUT2D eigenvalue weighted by molar-refractivity contribution is -0.139. The molecule has 2 saturated carbocycles. The fourth-order valence-electron chi connectivity index (χ4n) is 11.5. The first-order valence-corrected chi connectivity index (χ1v) is 24.3. The maximum atomic E-state index is 14.7. The Kier molecular flexibility index (Phi) is 15.5. The third-order valence-electron chi connectivity index (χ3n) is 14.8. The van der Waals surface area contributed by atoms with Crippen molar-refractivity contribution in [3.8, 4) is 0 Å². The number of amides is 4. The van der Waals surface area contributed by atoms with Crippen LogP contribution in [0.2, 0.25) is 0 Å². The number of carbonyl (C=O) groups is 4. The average Bonchev–Trinajstić information content (AvgIpc) is 4.13. The molecule has 2 aromatic heterocycles. The van der Waals surface area contributed by atoms with Gasteiger partial charge in [0.25, 0.3) is 0 Å². The van der Waals surface area contributed by atoms with Crippen molar-refractivity contribution in [2.24, 2.45) is 23.3 Å². The quantitative estimate of drug-likeness (QED) is 0.0929. The van der Waals surface area contributed by atoms with Gasteiger partial charge >= 0.3 is 0 Å². The third kappa shape index (κ3) is 10.9. The largest absolute Gasteiger partial charge is 0.378 e. The molecule has 4 aromatic rings. The molecule has 8 rings (SSSR count). The number of nitrogens with zero attached hydrogens (tertiary/aromatic N) is 4.